The van der Waals surface area contributed by atoms with Crippen LogP contribution in [-0.2, 0) is 11.3 Å². The number of nitrogens with zero attached hydrogens (tertiary/aromatic N) is 4. The Bertz CT molecular complexity index is 860. The van der Waals surface area contributed by atoms with Crippen molar-refractivity contribution in [2.45, 2.75) is 25.8 Å². The van der Waals surface area contributed by atoms with Crippen molar-refractivity contribution < 1.29 is 14.0 Å². The SMILES string of the molecule is O=C(c1ccnc(F)c1)N1CCC[C@@]2(CCN(Cc3ccncc3)C2=O)C1. The molecule has 27 heavy (non-hydrogen) atoms. The van der Waals surface area contributed by atoms with E-state index in [1.165, 1.54) is 12.3 Å². The van der Waals surface area contributed by atoms with Gasteiger partial charge in [-0.05, 0) is 43.0 Å². The van der Waals surface area contributed by atoms with Gasteiger partial charge in [-0.1, -0.05) is 0 Å². The van der Waals surface area contributed by atoms with Crippen LogP contribution < -0.4 is 0 Å². The predicted octanol–water partition coefficient (Wildman–Crippen LogP) is 2.27. The maximum atomic E-state index is 13.4. The first-order valence-corrected chi connectivity index (χ1v) is 9.17. The summed E-state index contributed by atoms with van der Waals surface area (Å²) in [5, 5.41) is 0. The molecule has 2 aliphatic rings. The van der Waals surface area contributed by atoms with Crippen molar-refractivity contribution in [3.8, 4) is 0 Å². The molecule has 0 N–H and O–H groups in total. The first-order valence-electron chi connectivity index (χ1n) is 9.17. The number of likely N-dealkylation sites (tertiary alicyclic amines) is 2. The highest BCUT2D eigenvalue weighted by atomic mass is 19.1. The van der Waals surface area contributed by atoms with E-state index in [2.05, 4.69) is 9.97 Å². The van der Waals surface area contributed by atoms with Gasteiger partial charge in [-0.2, -0.15) is 4.39 Å². The molecular weight excluding hydrogens is 347 g/mol. The minimum atomic E-state index is -0.673. The Morgan fingerprint density at radius 2 is 1.96 bits per heavy atom. The van der Waals surface area contributed by atoms with Crippen LogP contribution in [0.4, 0.5) is 4.39 Å². The molecule has 0 bridgehead atoms. The summed E-state index contributed by atoms with van der Waals surface area (Å²) in [6, 6.07) is 6.48. The van der Waals surface area contributed by atoms with Gasteiger partial charge in [0.25, 0.3) is 5.91 Å². The first kappa shape index (κ1) is 17.6. The summed E-state index contributed by atoms with van der Waals surface area (Å²) in [4.78, 5) is 37.0. The lowest BCUT2D eigenvalue weighted by Gasteiger charge is -2.39. The zero-order chi connectivity index (χ0) is 18.9. The highest BCUT2D eigenvalue weighted by molar-refractivity contribution is 5.95. The zero-order valence-corrected chi connectivity index (χ0v) is 15.0. The van der Waals surface area contributed by atoms with E-state index in [0.717, 1.165) is 30.9 Å². The van der Waals surface area contributed by atoms with Crippen molar-refractivity contribution in [3.05, 3.63) is 59.9 Å². The van der Waals surface area contributed by atoms with Crippen LogP contribution in [0.2, 0.25) is 0 Å². The zero-order valence-electron chi connectivity index (χ0n) is 15.0. The molecule has 0 aliphatic carbocycles. The second-order valence-corrected chi connectivity index (χ2v) is 7.31. The molecule has 0 saturated carbocycles. The Labute approximate surface area is 157 Å². The van der Waals surface area contributed by atoms with E-state index in [9.17, 15) is 14.0 Å². The molecule has 1 atom stereocenters. The highest BCUT2D eigenvalue weighted by Crippen LogP contribution is 2.41. The average Bonchev–Trinajstić information content (AvgIpc) is 2.98. The first-order chi connectivity index (χ1) is 13.1. The molecule has 0 radical (unpaired) electrons. The summed E-state index contributed by atoms with van der Waals surface area (Å²) in [5.74, 6) is -0.804. The van der Waals surface area contributed by atoms with Crippen LogP contribution in [0.1, 0.15) is 35.2 Å². The van der Waals surface area contributed by atoms with Gasteiger partial charge in [0.05, 0.1) is 5.41 Å². The van der Waals surface area contributed by atoms with E-state index in [1.807, 2.05) is 17.0 Å². The van der Waals surface area contributed by atoms with Crippen LogP contribution in [0.3, 0.4) is 0 Å². The largest absolute Gasteiger partial charge is 0.338 e. The third-order valence-corrected chi connectivity index (χ3v) is 5.56. The van der Waals surface area contributed by atoms with Crippen LogP contribution in [-0.4, -0.2) is 51.2 Å². The minimum Gasteiger partial charge on any atom is -0.338 e. The second kappa shape index (κ2) is 7.06. The van der Waals surface area contributed by atoms with E-state index >= 15 is 0 Å². The number of piperidine rings is 1. The normalized spacial score (nSPS) is 22.5. The lowest BCUT2D eigenvalue weighted by Crippen LogP contribution is -2.49. The van der Waals surface area contributed by atoms with Crippen LogP contribution in [0.25, 0.3) is 0 Å². The second-order valence-electron chi connectivity index (χ2n) is 7.31. The summed E-state index contributed by atoms with van der Waals surface area (Å²) in [7, 11) is 0. The van der Waals surface area contributed by atoms with Gasteiger partial charge in [0.2, 0.25) is 11.9 Å². The van der Waals surface area contributed by atoms with Gasteiger partial charge in [0.15, 0.2) is 0 Å². The molecular formula is C20H21FN4O2. The van der Waals surface area contributed by atoms with Crippen molar-refractivity contribution in [1.29, 1.82) is 0 Å². The van der Waals surface area contributed by atoms with Crippen molar-refractivity contribution in [2.75, 3.05) is 19.6 Å². The van der Waals surface area contributed by atoms with E-state index in [1.54, 1.807) is 17.3 Å². The Hall–Kier alpha value is -2.83. The lowest BCUT2D eigenvalue weighted by atomic mass is 9.78. The minimum absolute atomic E-state index is 0.109. The van der Waals surface area contributed by atoms with Gasteiger partial charge in [-0.25, -0.2) is 4.98 Å². The molecule has 4 heterocycles. The Kier molecular flexibility index (Phi) is 4.59. The molecule has 0 aromatic carbocycles. The lowest BCUT2D eigenvalue weighted by molar-refractivity contribution is -0.138. The van der Waals surface area contributed by atoms with Gasteiger partial charge in [0, 0.05) is 56.4 Å². The number of carbonyl (C=O) groups excluding carboxylic acids is 2. The molecule has 4 rings (SSSR count). The van der Waals surface area contributed by atoms with Gasteiger partial charge in [-0.15, -0.1) is 0 Å². The summed E-state index contributed by atoms with van der Waals surface area (Å²) in [6.45, 7) is 2.23. The van der Waals surface area contributed by atoms with Crippen LogP contribution >= 0.6 is 0 Å². The average molecular weight is 368 g/mol. The molecule has 7 heteroatoms. The van der Waals surface area contributed by atoms with E-state index in [-0.39, 0.29) is 17.4 Å². The van der Waals surface area contributed by atoms with Crippen molar-refractivity contribution in [1.82, 2.24) is 19.8 Å². The van der Waals surface area contributed by atoms with Crippen molar-refractivity contribution in [2.24, 2.45) is 5.41 Å². The monoisotopic (exact) mass is 368 g/mol. The summed E-state index contributed by atoms with van der Waals surface area (Å²) in [5.41, 5.74) is 0.803. The van der Waals surface area contributed by atoms with Crippen LogP contribution in [0.5, 0.6) is 0 Å². The van der Waals surface area contributed by atoms with Crippen LogP contribution in [0, 0.1) is 11.4 Å². The highest BCUT2D eigenvalue weighted by Gasteiger charge is 2.49. The molecule has 140 valence electrons. The van der Waals surface area contributed by atoms with Crippen LogP contribution in [0.15, 0.2) is 42.9 Å². The fourth-order valence-corrected chi connectivity index (χ4v) is 4.15. The molecule has 2 amide bonds. The molecule has 6 nitrogen and oxygen atoms in total. The maximum absolute atomic E-state index is 13.4. The molecule has 2 saturated heterocycles. The number of pyridine rings is 2. The molecule has 0 unspecified atom stereocenters. The quantitative estimate of drug-likeness (QED) is 0.780. The topological polar surface area (TPSA) is 66.4 Å². The number of aromatic nitrogens is 2. The Balaban J connectivity index is 1.49. The Morgan fingerprint density at radius 3 is 2.74 bits per heavy atom. The van der Waals surface area contributed by atoms with E-state index in [0.29, 0.717) is 26.2 Å². The third-order valence-electron chi connectivity index (χ3n) is 5.56. The summed E-state index contributed by atoms with van der Waals surface area (Å²) < 4.78 is 13.4. The molecule has 1 spiro atoms. The van der Waals surface area contributed by atoms with E-state index < -0.39 is 11.4 Å². The molecule has 2 aliphatic heterocycles. The van der Waals surface area contributed by atoms with E-state index in [4.69, 9.17) is 0 Å². The smallest absolute Gasteiger partial charge is 0.254 e. The fraction of sp³-hybridized carbons (Fsp3) is 0.400. The van der Waals surface area contributed by atoms with Crippen molar-refractivity contribution >= 4 is 11.8 Å². The molecule has 2 aromatic rings. The molecule has 2 fully saturated rings. The van der Waals surface area contributed by atoms with Gasteiger partial charge in [0.1, 0.15) is 0 Å². The number of halogens is 1. The number of carbonyl (C=O) groups is 2. The fourth-order valence-electron chi connectivity index (χ4n) is 4.15. The summed E-state index contributed by atoms with van der Waals surface area (Å²) >= 11 is 0. The van der Waals surface area contributed by atoms with Gasteiger partial charge in [-0.3, -0.25) is 14.6 Å². The number of hydrogen-bond acceptors (Lipinski definition) is 4. The van der Waals surface area contributed by atoms with Gasteiger partial charge >= 0.3 is 0 Å². The molecule has 2 aromatic heterocycles. The number of hydrogen-bond donors (Lipinski definition) is 0. The Morgan fingerprint density at radius 1 is 1.15 bits per heavy atom. The maximum Gasteiger partial charge on any atom is 0.254 e. The van der Waals surface area contributed by atoms with Gasteiger partial charge < -0.3 is 9.80 Å². The standard InChI is InChI=1S/C20H21FN4O2/c21-17-12-16(4-9-23-17)18(26)25-10-1-5-20(14-25)6-11-24(19(20)27)13-15-2-7-22-8-3-15/h2-4,7-9,12H,1,5-6,10-11,13-14H2/t20-/m1/s1. The number of rotatable bonds is 3. The third kappa shape index (κ3) is 3.41. The summed E-state index contributed by atoms with van der Waals surface area (Å²) in [6.07, 6.45) is 7.03. The van der Waals surface area contributed by atoms with Crippen molar-refractivity contribution in [3.63, 3.8) is 0 Å². The predicted molar refractivity (Wildman–Crippen MR) is 96.0 cm³/mol. The number of amides is 2.